The molecule has 2 aliphatic heterocycles. The fourth-order valence-electron chi connectivity index (χ4n) is 3.28. The molecule has 0 amide bonds. The molecule has 106 valence electrons. The highest BCUT2D eigenvalue weighted by Crippen LogP contribution is 2.23. The van der Waals surface area contributed by atoms with Gasteiger partial charge in [-0.15, -0.1) is 0 Å². The fourth-order valence-corrected chi connectivity index (χ4v) is 3.28. The van der Waals surface area contributed by atoms with E-state index in [0.29, 0.717) is 0 Å². The van der Waals surface area contributed by atoms with Crippen LogP contribution in [-0.2, 0) is 12.8 Å². The third-order valence-electron chi connectivity index (χ3n) is 4.59. The van der Waals surface area contributed by atoms with Crippen LogP contribution in [-0.4, -0.2) is 39.3 Å². The molecule has 1 aromatic heterocycles. The van der Waals surface area contributed by atoms with Gasteiger partial charge in [-0.05, 0) is 51.2 Å². The molecule has 1 aromatic rings. The molecular formula is C14H25N5. The van der Waals surface area contributed by atoms with Crippen LogP contribution in [0.25, 0.3) is 0 Å². The van der Waals surface area contributed by atoms with E-state index < -0.39 is 0 Å². The van der Waals surface area contributed by atoms with Gasteiger partial charge in [0.05, 0.1) is 0 Å². The molecule has 0 spiro atoms. The Bertz CT molecular complexity index is 419. The number of likely N-dealkylation sites (tertiary alicyclic amines) is 1. The Hall–Kier alpha value is -0.940. The molecule has 1 unspecified atom stereocenters. The van der Waals surface area contributed by atoms with Crippen molar-refractivity contribution in [2.75, 3.05) is 19.6 Å². The molecule has 19 heavy (non-hydrogen) atoms. The summed E-state index contributed by atoms with van der Waals surface area (Å²) >= 11 is 0. The monoisotopic (exact) mass is 263 g/mol. The van der Waals surface area contributed by atoms with Gasteiger partial charge in [-0.25, -0.2) is 9.67 Å². The van der Waals surface area contributed by atoms with Gasteiger partial charge in [-0.2, -0.15) is 5.10 Å². The molecule has 3 heterocycles. The lowest BCUT2D eigenvalue weighted by Gasteiger charge is -2.30. The number of nitrogens with zero attached hydrogens (tertiary/aromatic N) is 4. The van der Waals surface area contributed by atoms with E-state index in [4.69, 9.17) is 10.7 Å². The molecule has 0 radical (unpaired) electrons. The standard InChI is InChI=1S/C14H25N5/c1-2-18-8-6-11(7-9-18)10-13-16-14-5-3-4-12(15)19(14)17-13/h11-12H,2-10,15H2,1H3. The van der Waals surface area contributed by atoms with Crippen molar-refractivity contribution in [1.29, 1.82) is 0 Å². The Balaban J connectivity index is 1.61. The molecule has 1 fully saturated rings. The van der Waals surface area contributed by atoms with Crippen LogP contribution in [0.1, 0.15) is 50.4 Å². The quantitative estimate of drug-likeness (QED) is 0.894. The Morgan fingerprint density at radius 3 is 2.74 bits per heavy atom. The molecule has 0 saturated carbocycles. The summed E-state index contributed by atoms with van der Waals surface area (Å²) in [5.41, 5.74) is 6.08. The summed E-state index contributed by atoms with van der Waals surface area (Å²) in [4.78, 5) is 7.22. The van der Waals surface area contributed by atoms with Crippen LogP contribution in [0.15, 0.2) is 0 Å². The summed E-state index contributed by atoms with van der Waals surface area (Å²) < 4.78 is 1.96. The minimum atomic E-state index is 0.0481. The Labute approximate surface area is 115 Å². The highest BCUT2D eigenvalue weighted by atomic mass is 15.4. The van der Waals surface area contributed by atoms with Gasteiger partial charge in [0.2, 0.25) is 0 Å². The number of nitrogens with two attached hydrogens (primary N) is 1. The van der Waals surface area contributed by atoms with Crippen molar-refractivity contribution in [3.8, 4) is 0 Å². The maximum Gasteiger partial charge on any atom is 0.151 e. The molecule has 5 nitrogen and oxygen atoms in total. The molecule has 1 saturated heterocycles. The third-order valence-corrected chi connectivity index (χ3v) is 4.59. The average Bonchev–Trinajstić information content (AvgIpc) is 2.84. The summed E-state index contributed by atoms with van der Waals surface area (Å²) in [5.74, 6) is 2.87. The second-order valence-electron chi connectivity index (χ2n) is 5.93. The number of hydrogen-bond acceptors (Lipinski definition) is 4. The number of piperidine rings is 1. The zero-order valence-corrected chi connectivity index (χ0v) is 11.9. The number of aryl methyl sites for hydroxylation is 1. The van der Waals surface area contributed by atoms with Crippen molar-refractivity contribution in [1.82, 2.24) is 19.7 Å². The van der Waals surface area contributed by atoms with Gasteiger partial charge in [0, 0.05) is 12.8 Å². The first-order valence-corrected chi connectivity index (χ1v) is 7.68. The zero-order valence-electron chi connectivity index (χ0n) is 11.9. The molecule has 2 N–H and O–H groups in total. The molecule has 0 aliphatic carbocycles. The molecule has 0 bridgehead atoms. The molecule has 3 rings (SSSR count). The summed E-state index contributed by atoms with van der Waals surface area (Å²) in [7, 11) is 0. The van der Waals surface area contributed by atoms with Crippen LogP contribution in [0.4, 0.5) is 0 Å². The van der Waals surface area contributed by atoms with Crippen LogP contribution >= 0.6 is 0 Å². The molecule has 1 atom stereocenters. The van der Waals surface area contributed by atoms with Gasteiger partial charge in [0.25, 0.3) is 0 Å². The maximum absolute atomic E-state index is 6.08. The lowest BCUT2D eigenvalue weighted by Crippen LogP contribution is -2.34. The van der Waals surface area contributed by atoms with Crippen LogP contribution < -0.4 is 5.73 Å². The zero-order chi connectivity index (χ0) is 13.2. The summed E-state index contributed by atoms with van der Waals surface area (Å²) in [6.07, 6.45) is 6.86. The van der Waals surface area contributed by atoms with Crippen LogP contribution in [0.2, 0.25) is 0 Å². The normalized spacial score (nSPS) is 25.5. The average molecular weight is 263 g/mol. The third kappa shape index (κ3) is 2.82. The van der Waals surface area contributed by atoms with Gasteiger partial charge >= 0.3 is 0 Å². The predicted octanol–water partition coefficient (Wildman–Crippen LogP) is 1.35. The summed E-state index contributed by atoms with van der Waals surface area (Å²) in [6, 6.07) is 0. The fraction of sp³-hybridized carbons (Fsp3) is 0.857. The minimum absolute atomic E-state index is 0.0481. The van der Waals surface area contributed by atoms with Gasteiger partial charge in [-0.1, -0.05) is 6.92 Å². The van der Waals surface area contributed by atoms with Gasteiger partial charge in [0.15, 0.2) is 5.82 Å². The van der Waals surface area contributed by atoms with E-state index in [1.165, 1.54) is 32.5 Å². The van der Waals surface area contributed by atoms with E-state index in [1.807, 2.05) is 4.68 Å². The first-order chi connectivity index (χ1) is 9.26. The van der Waals surface area contributed by atoms with Crippen molar-refractivity contribution in [3.05, 3.63) is 11.6 Å². The van der Waals surface area contributed by atoms with E-state index in [-0.39, 0.29) is 6.17 Å². The first-order valence-electron chi connectivity index (χ1n) is 7.68. The number of hydrogen-bond donors (Lipinski definition) is 1. The largest absolute Gasteiger partial charge is 0.310 e. The molecule has 2 aliphatic rings. The maximum atomic E-state index is 6.08. The van der Waals surface area contributed by atoms with E-state index in [9.17, 15) is 0 Å². The summed E-state index contributed by atoms with van der Waals surface area (Å²) in [5, 5.41) is 4.63. The Morgan fingerprint density at radius 1 is 1.26 bits per heavy atom. The van der Waals surface area contributed by atoms with Crippen molar-refractivity contribution in [2.24, 2.45) is 11.7 Å². The van der Waals surface area contributed by atoms with Crippen LogP contribution in [0, 0.1) is 5.92 Å². The van der Waals surface area contributed by atoms with Gasteiger partial charge in [0.1, 0.15) is 12.0 Å². The highest BCUT2D eigenvalue weighted by molar-refractivity contribution is 4.99. The van der Waals surface area contributed by atoms with Crippen molar-refractivity contribution in [2.45, 2.75) is 51.6 Å². The van der Waals surface area contributed by atoms with E-state index in [1.54, 1.807) is 0 Å². The van der Waals surface area contributed by atoms with Crippen LogP contribution in [0.5, 0.6) is 0 Å². The van der Waals surface area contributed by atoms with Crippen molar-refractivity contribution < 1.29 is 0 Å². The Kier molecular flexibility index (Phi) is 3.84. The highest BCUT2D eigenvalue weighted by Gasteiger charge is 2.23. The lowest BCUT2D eigenvalue weighted by molar-refractivity contribution is 0.191. The Morgan fingerprint density at radius 2 is 2.05 bits per heavy atom. The molecule has 0 aromatic carbocycles. The van der Waals surface area contributed by atoms with Crippen molar-refractivity contribution >= 4 is 0 Å². The van der Waals surface area contributed by atoms with Gasteiger partial charge < -0.3 is 10.6 Å². The molecule has 5 heteroatoms. The van der Waals surface area contributed by atoms with E-state index >= 15 is 0 Å². The smallest absolute Gasteiger partial charge is 0.151 e. The number of rotatable bonds is 3. The predicted molar refractivity (Wildman–Crippen MR) is 74.7 cm³/mol. The van der Waals surface area contributed by atoms with E-state index in [0.717, 1.165) is 43.3 Å². The van der Waals surface area contributed by atoms with E-state index in [2.05, 4.69) is 16.9 Å². The summed E-state index contributed by atoms with van der Waals surface area (Å²) in [6.45, 7) is 5.88. The second-order valence-corrected chi connectivity index (χ2v) is 5.93. The SMILES string of the molecule is CCN1CCC(Cc2nc3n(n2)C(N)CCC3)CC1. The number of aromatic nitrogens is 3. The minimum Gasteiger partial charge on any atom is -0.310 e. The first kappa shape index (κ1) is 13.1. The topological polar surface area (TPSA) is 60.0 Å². The molecular weight excluding hydrogens is 238 g/mol. The lowest BCUT2D eigenvalue weighted by atomic mass is 9.93. The number of fused-ring (bicyclic) bond motifs is 1. The van der Waals surface area contributed by atoms with Gasteiger partial charge in [-0.3, -0.25) is 0 Å². The van der Waals surface area contributed by atoms with Crippen molar-refractivity contribution in [3.63, 3.8) is 0 Å². The van der Waals surface area contributed by atoms with Crippen LogP contribution in [0.3, 0.4) is 0 Å². The second kappa shape index (κ2) is 5.59.